The molecule has 1 aromatic rings. The summed E-state index contributed by atoms with van der Waals surface area (Å²) in [5.74, 6) is 0.310. The summed E-state index contributed by atoms with van der Waals surface area (Å²) in [6.07, 6.45) is 3.57. The molecule has 1 aliphatic heterocycles. The Labute approximate surface area is 88.0 Å². The Morgan fingerprint density at radius 1 is 1.53 bits per heavy atom. The number of carboxylic acids is 1. The topological polar surface area (TPSA) is 46.5 Å². The van der Waals surface area contributed by atoms with Gasteiger partial charge >= 0.3 is 5.97 Å². The summed E-state index contributed by atoms with van der Waals surface area (Å²) in [4.78, 5) is 10.3. The lowest BCUT2D eigenvalue weighted by Crippen LogP contribution is -1.99. The molecule has 1 aromatic carbocycles. The van der Waals surface area contributed by atoms with Crippen LogP contribution >= 0.6 is 0 Å². The number of aliphatic carboxylic acids is 1. The fourth-order valence-electron chi connectivity index (χ4n) is 1.76. The Kier molecular flexibility index (Phi) is 2.72. The largest absolute Gasteiger partial charge is 0.493 e. The first-order chi connectivity index (χ1) is 7.27. The lowest BCUT2D eigenvalue weighted by atomic mass is 9.98. The van der Waals surface area contributed by atoms with Crippen molar-refractivity contribution < 1.29 is 14.6 Å². The maximum atomic E-state index is 10.3. The number of allylic oxidation sites excluding steroid dienone is 1. The molecule has 1 unspecified atom stereocenters. The molecule has 0 aliphatic carbocycles. The normalized spacial score (nSPS) is 18.8. The highest BCUT2D eigenvalue weighted by molar-refractivity contribution is 5.79. The van der Waals surface area contributed by atoms with E-state index in [4.69, 9.17) is 9.84 Å². The van der Waals surface area contributed by atoms with Crippen LogP contribution in [0, 0.1) is 0 Å². The Balaban J connectivity index is 2.05. The number of hydrogen-bond donors (Lipinski definition) is 1. The van der Waals surface area contributed by atoms with Crippen LogP contribution in [0.4, 0.5) is 0 Å². The second kappa shape index (κ2) is 4.17. The van der Waals surface area contributed by atoms with Crippen molar-refractivity contribution in [1.82, 2.24) is 0 Å². The van der Waals surface area contributed by atoms with Crippen LogP contribution in [0.2, 0.25) is 0 Å². The molecule has 0 saturated carbocycles. The molecule has 0 bridgehead atoms. The van der Waals surface area contributed by atoms with Gasteiger partial charge in [0.25, 0.3) is 0 Å². The van der Waals surface area contributed by atoms with E-state index in [1.54, 1.807) is 6.08 Å². The van der Waals surface area contributed by atoms with Crippen LogP contribution in [0.5, 0.6) is 5.75 Å². The van der Waals surface area contributed by atoms with Crippen molar-refractivity contribution in [3.8, 4) is 5.75 Å². The van der Waals surface area contributed by atoms with Crippen molar-refractivity contribution in [2.75, 3.05) is 6.61 Å². The van der Waals surface area contributed by atoms with Crippen LogP contribution in [-0.4, -0.2) is 17.7 Å². The number of rotatable bonds is 3. The second-order valence-corrected chi connectivity index (χ2v) is 3.52. The van der Waals surface area contributed by atoms with Gasteiger partial charge in [-0.3, -0.25) is 0 Å². The molecule has 0 saturated heterocycles. The van der Waals surface area contributed by atoms with Crippen LogP contribution in [0.25, 0.3) is 0 Å². The van der Waals surface area contributed by atoms with Crippen LogP contribution in [0.1, 0.15) is 17.9 Å². The fourth-order valence-corrected chi connectivity index (χ4v) is 1.76. The van der Waals surface area contributed by atoms with Gasteiger partial charge in [0, 0.05) is 17.6 Å². The van der Waals surface area contributed by atoms with Gasteiger partial charge in [-0.25, -0.2) is 4.79 Å². The van der Waals surface area contributed by atoms with Gasteiger partial charge in [0.15, 0.2) is 0 Å². The first kappa shape index (κ1) is 9.77. The number of benzene rings is 1. The highest BCUT2D eigenvalue weighted by Gasteiger charge is 2.21. The molecular formula is C12H12O3. The third-order valence-electron chi connectivity index (χ3n) is 2.48. The Hall–Kier alpha value is -1.77. The van der Waals surface area contributed by atoms with Crippen molar-refractivity contribution in [1.29, 1.82) is 0 Å². The van der Waals surface area contributed by atoms with E-state index in [0.29, 0.717) is 13.0 Å². The maximum absolute atomic E-state index is 10.3. The van der Waals surface area contributed by atoms with Gasteiger partial charge in [-0.1, -0.05) is 24.3 Å². The molecule has 1 heterocycles. The quantitative estimate of drug-likeness (QED) is 0.768. The van der Waals surface area contributed by atoms with Gasteiger partial charge < -0.3 is 9.84 Å². The van der Waals surface area contributed by atoms with E-state index in [1.807, 2.05) is 24.3 Å². The molecule has 3 nitrogen and oxygen atoms in total. The Morgan fingerprint density at radius 3 is 3.13 bits per heavy atom. The number of para-hydroxylation sites is 1. The molecule has 78 valence electrons. The molecule has 1 N–H and O–H groups in total. The Bertz CT molecular complexity index is 396. The third-order valence-corrected chi connectivity index (χ3v) is 2.48. The maximum Gasteiger partial charge on any atom is 0.327 e. The number of hydrogen-bond acceptors (Lipinski definition) is 2. The van der Waals surface area contributed by atoms with Crippen molar-refractivity contribution in [2.45, 2.75) is 12.3 Å². The molecule has 3 heteroatoms. The van der Waals surface area contributed by atoms with E-state index in [1.165, 1.54) is 11.6 Å². The monoisotopic (exact) mass is 204 g/mol. The van der Waals surface area contributed by atoms with Gasteiger partial charge in [-0.05, 0) is 12.5 Å². The summed E-state index contributed by atoms with van der Waals surface area (Å²) in [5.41, 5.74) is 1.17. The molecular weight excluding hydrogens is 192 g/mol. The van der Waals surface area contributed by atoms with Gasteiger partial charge in [0.1, 0.15) is 5.75 Å². The fraction of sp³-hybridized carbons (Fsp3) is 0.250. The zero-order valence-electron chi connectivity index (χ0n) is 8.22. The molecule has 2 rings (SSSR count). The van der Waals surface area contributed by atoms with Crippen LogP contribution in [-0.2, 0) is 4.79 Å². The van der Waals surface area contributed by atoms with Gasteiger partial charge in [-0.2, -0.15) is 0 Å². The zero-order chi connectivity index (χ0) is 10.7. The predicted octanol–water partition coefficient (Wildman–Crippen LogP) is 2.19. The molecule has 1 atom stereocenters. The highest BCUT2D eigenvalue weighted by Crippen LogP contribution is 2.35. The standard InChI is InChI=1S/C12H12O3/c13-12(14)7-3-4-9-8-15-11-6-2-1-5-10(9)11/h1-3,5-7,9H,4,8H2,(H,13,14)/b7-3+. The summed E-state index contributed by atoms with van der Waals surface area (Å²) in [5, 5.41) is 8.46. The summed E-state index contributed by atoms with van der Waals surface area (Å²) in [6, 6.07) is 7.88. The summed E-state index contributed by atoms with van der Waals surface area (Å²) in [6.45, 7) is 0.642. The van der Waals surface area contributed by atoms with Crippen LogP contribution in [0.15, 0.2) is 36.4 Å². The van der Waals surface area contributed by atoms with Crippen molar-refractivity contribution >= 4 is 5.97 Å². The lowest BCUT2D eigenvalue weighted by Gasteiger charge is -2.03. The molecule has 0 radical (unpaired) electrons. The SMILES string of the molecule is O=C(O)/C=C/CC1COc2ccccc21. The summed E-state index contributed by atoms with van der Waals surface area (Å²) in [7, 11) is 0. The number of ether oxygens (including phenoxy) is 1. The molecule has 0 aromatic heterocycles. The van der Waals surface area contributed by atoms with Gasteiger partial charge in [0.05, 0.1) is 6.61 Å². The number of carbonyl (C=O) groups is 1. The van der Waals surface area contributed by atoms with Gasteiger partial charge in [-0.15, -0.1) is 0 Å². The Morgan fingerprint density at radius 2 is 2.33 bits per heavy atom. The molecule has 1 aliphatic rings. The van der Waals surface area contributed by atoms with E-state index >= 15 is 0 Å². The van der Waals surface area contributed by atoms with E-state index in [9.17, 15) is 4.79 Å². The minimum atomic E-state index is -0.901. The smallest absolute Gasteiger partial charge is 0.327 e. The van der Waals surface area contributed by atoms with E-state index in [2.05, 4.69) is 0 Å². The van der Waals surface area contributed by atoms with Crippen molar-refractivity contribution in [3.63, 3.8) is 0 Å². The van der Waals surface area contributed by atoms with E-state index in [-0.39, 0.29) is 5.92 Å². The second-order valence-electron chi connectivity index (χ2n) is 3.52. The molecule has 0 amide bonds. The number of carboxylic acid groups (broad SMARTS) is 1. The average molecular weight is 204 g/mol. The lowest BCUT2D eigenvalue weighted by molar-refractivity contribution is -0.131. The van der Waals surface area contributed by atoms with Crippen LogP contribution in [0.3, 0.4) is 0 Å². The minimum absolute atomic E-state index is 0.289. The molecule has 0 spiro atoms. The summed E-state index contributed by atoms with van der Waals surface area (Å²) >= 11 is 0. The van der Waals surface area contributed by atoms with Gasteiger partial charge in [0.2, 0.25) is 0 Å². The minimum Gasteiger partial charge on any atom is -0.493 e. The predicted molar refractivity (Wildman–Crippen MR) is 56.1 cm³/mol. The van der Waals surface area contributed by atoms with E-state index in [0.717, 1.165) is 5.75 Å². The first-order valence-corrected chi connectivity index (χ1v) is 4.88. The first-order valence-electron chi connectivity index (χ1n) is 4.88. The zero-order valence-corrected chi connectivity index (χ0v) is 8.22. The van der Waals surface area contributed by atoms with E-state index < -0.39 is 5.97 Å². The van der Waals surface area contributed by atoms with Crippen molar-refractivity contribution in [3.05, 3.63) is 42.0 Å². The van der Waals surface area contributed by atoms with Crippen molar-refractivity contribution in [2.24, 2.45) is 0 Å². The molecule has 15 heavy (non-hydrogen) atoms. The molecule has 0 fully saturated rings. The van der Waals surface area contributed by atoms with Crippen LogP contribution < -0.4 is 4.74 Å². The highest BCUT2D eigenvalue weighted by atomic mass is 16.5. The number of fused-ring (bicyclic) bond motifs is 1. The average Bonchev–Trinajstić information content (AvgIpc) is 2.62. The summed E-state index contributed by atoms with van der Waals surface area (Å²) < 4.78 is 5.49. The third kappa shape index (κ3) is 2.18.